The van der Waals surface area contributed by atoms with Crippen LogP contribution in [0.5, 0.6) is 0 Å². The quantitative estimate of drug-likeness (QED) is 0.0342. The zero-order chi connectivity index (χ0) is 84.2. The maximum absolute atomic E-state index is 13.8. The first-order valence-electron chi connectivity index (χ1n) is 39.1. The normalized spacial score (nSPS) is 13.1. The van der Waals surface area contributed by atoms with E-state index in [1.165, 1.54) is 95.1 Å². The highest BCUT2D eigenvalue weighted by Gasteiger charge is 2.45. The second-order valence-corrected chi connectivity index (χ2v) is 33.5. The molecule has 0 atom stereocenters. The number of tetrazole rings is 1. The molecule has 6 aromatic heterocycles. The van der Waals surface area contributed by atoms with E-state index in [1.54, 1.807) is 116 Å². The van der Waals surface area contributed by atoms with Gasteiger partial charge >= 0.3 is 0 Å². The average molecular weight is 1710 g/mol. The molecule has 0 unspecified atom stereocenters. The largest absolute Gasteiger partial charge is 0.399 e. The van der Waals surface area contributed by atoms with E-state index in [2.05, 4.69) is 89.5 Å². The number of thiazole rings is 5. The second-order valence-electron chi connectivity index (χ2n) is 28.7. The van der Waals surface area contributed by atoms with Crippen molar-refractivity contribution in [1.29, 1.82) is 0 Å². The summed E-state index contributed by atoms with van der Waals surface area (Å²) in [6.45, 7) is 3.56. The van der Waals surface area contributed by atoms with Gasteiger partial charge in [0.25, 0.3) is 0 Å². The minimum absolute atomic E-state index is 0.0952. The Bertz CT molecular complexity index is 6240. The molecule has 2 saturated carbocycles. The number of nitrogens with zero attached hydrogens (tertiary/aromatic N) is 10. The molecular weight excluding hydrogens is 1630 g/mol. The molecule has 6 heterocycles. The Hall–Kier alpha value is -11.9. The molecule has 612 valence electrons. The summed E-state index contributed by atoms with van der Waals surface area (Å²) in [5, 5.41) is 30.0. The standard InChI is InChI=1S/C21H20FNOS.C20H18FNOS.C19H15F2NS.C19H17FN2OS.C18H14FN5S/c1-24-21(10-5-11-21)17-8-4-7-16(12-17)19-14-25-20(23-19)13-15-6-2-3-9-18(15)22;1-23-20(9-10-20)16-7-4-6-15(11-16)18-13-24-19(22-18)12-14-5-2-3-8-17(14)21;1-2-16(20)13-7-5-8-15(10-13)18-12-23-19(22-18)11-14-6-3-4-9-17(14)21;1-13(22-23-2)14-7-5-8-16(10-14)18-12-24-19(21-18)11-15-6-3-4-9-17(15)20;1-24-18(21-22-23-24)14-7-4-6-13(9-14)16-11-25-17(20-16)10-12-5-2-3-8-15(12)19/h2-4,6-9,12,14H,5,10-11,13H2,1H3;2-8,11,13H,9-10,12H2,1H3;2-10,12H,11H2,1H3;3-10,12H,11H2,1-2H3;2-9,11H,10H2,1H3/b;;16-2-;22-13+;. The number of aromatic nitrogens is 9. The van der Waals surface area contributed by atoms with Crippen LogP contribution in [0.4, 0.5) is 26.3 Å². The predicted molar refractivity (Wildman–Crippen MR) is 476 cm³/mol. The molecule has 18 rings (SSSR count). The molecule has 0 amide bonds. The summed E-state index contributed by atoms with van der Waals surface area (Å²) in [6, 6.07) is 74.0. The maximum Gasteiger partial charge on any atom is 0.181 e. The number of hydrogen-bond acceptors (Lipinski definition) is 17. The molecule has 16 aromatic rings. The van der Waals surface area contributed by atoms with Crippen LogP contribution in [-0.2, 0) is 64.7 Å². The monoisotopic (exact) mass is 1710 g/mol. The molecule has 0 bridgehead atoms. The predicted octanol–water partition coefficient (Wildman–Crippen LogP) is 25.3. The van der Waals surface area contributed by atoms with Crippen LogP contribution in [0, 0.1) is 29.1 Å². The summed E-state index contributed by atoms with van der Waals surface area (Å²) in [5.74, 6) is -0.516. The van der Waals surface area contributed by atoms with Crippen molar-refractivity contribution in [3.05, 3.63) is 380 Å². The highest BCUT2D eigenvalue weighted by atomic mass is 32.1. The second kappa shape index (κ2) is 40.5. The van der Waals surface area contributed by atoms with Crippen molar-refractivity contribution >= 4 is 68.2 Å². The minimum atomic E-state index is -0.256. The van der Waals surface area contributed by atoms with Crippen molar-refractivity contribution in [2.24, 2.45) is 12.2 Å². The third-order valence-corrected chi connectivity index (χ3v) is 25.0. The van der Waals surface area contributed by atoms with Crippen LogP contribution in [-0.4, -0.2) is 72.2 Å². The number of ether oxygens (including phenoxy) is 2. The molecule has 0 spiro atoms. The van der Waals surface area contributed by atoms with Crippen LogP contribution in [0.2, 0.25) is 0 Å². The Morgan fingerprint density at radius 2 is 0.711 bits per heavy atom. The van der Waals surface area contributed by atoms with Crippen LogP contribution in [0.3, 0.4) is 0 Å². The van der Waals surface area contributed by atoms with E-state index >= 15 is 0 Å². The molecular formula is C97H84F6N10O3S5. The Balaban J connectivity index is 0.000000124. The number of rotatable bonds is 23. The van der Waals surface area contributed by atoms with Gasteiger partial charge in [0.15, 0.2) is 5.82 Å². The molecule has 10 aromatic carbocycles. The van der Waals surface area contributed by atoms with E-state index in [0.29, 0.717) is 71.3 Å². The number of benzene rings is 10. The Morgan fingerprint density at radius 1 is 0.397 bits per heavy atom. The summed E-state index contributed by atoms with van der Waals surface area (Å²) in [4.78, 5) is 28.1. The van der Waals surface area contributed by atoms with Crippen molar-refractivity contribution < 1.29 is 40.7 Å². The van der Waals surface area contributed by atoms with Crippen LogP contribution in [0.1, 0.15) is 121 Å². The third-order valence-electron chi connectivity index (χ3n) is 20.8. The molecule has 24 heteroatoms. The van der Waals surface area contributed by atoms with Gasteiger partial charge in [-0.15, -0.1) is 61.8 Å². The lowest BCUT2D eigenvalue weighted by atomic mass is 9.74. The van der Waals surface area contributed by atoms with Gasteiger partial charge in [0.2, 0.25) is 0 Å². The fraction of sp³-hybridized carbons (Fsp3) is 0.186. The smallest absolute Gasteiger partial charge is 0.181 e. The molecule has 2 aliphatic rings. The van der Waals surface area contributed by atoms with Gasteiger partial charge in [0, 0.05) is 119 Å². The van der Waals surface area contributed by atoms with E-state index in [4.69, 9.17) is 24.3 Å². The highest BCUT2D eigenvalue weighted by Crippen LogP contribution is 2.50. The number of allylic oxidation sites excluding steroid dienone is 1. The van der Waals surface area contributed by atoms with Gasteiger partial charge in [0.1, 0.15) is 42.0 Å². The maximum atomic E-state index is 13.8. The summed E-state index contributed by atoms with van der Waals surface area (Å²) < 4.78 is 95.7. The lowest BCUT2D eigenvalue weighted by Gasteiger charge is -2.41. The van der Waals surface area contributed by atoms with Gasteiger partial charge in [-0.05, 0) is 162 Å². The van der Waals surface area contributed by atoms with Gasteiger partial charge in [-0.25, -0.2) is 55.9 Å². The number of aryl methyl sites for hydroxylation is 1. The van der Waals surface area contributed by atoms with Crippen LogP contribution >= 0.6 is 56.7 Å². The Morgan fingerprint density at radius 3 is 1.02 bits per heavy atom. The number of halogens is 6. The van der Waals surface area contributed by atoms with Crippen molar-refractivity contribution in [2.45, 2.75) is 89.3 Å². The van der Waals surface area contributed by atoms with E-state index in [9.17, 15) is 26.3 Å². The SMILES string of the molecule is C/C=C(\F)c1cccc(-c2csc(Cc3ccccc3F)n2)c1.CO/N=C(\C)c1cccc(-c2csc(Cc3ccccc3F)n2)c1.COC1(c2cccc(-c3csc(Cc4ccccc4F)n3)c2)CC1.COC1(c2cccc(-c3csc(Cc4ccccc4F)n3)c2)CCC1.Cn1nnnc1-c1cccc(-c2csc(Cc3ccccc3F)n2)c1. The van der Waals surface area contributed by atoms with Crippen molar-refractivity contribution in [3.63, 3.8) is 0 Å². The van der Waals surface area contributed by atoms with Crippen LogP contribution in [0.25, 0.3) is 73.5 Å². The molecule has 0 saturated heterocycles. The van der Waals surface area contributed by atoms with Crippen LogP contribution in [0.15, 0.2) is 281 Å². The van der Waals surface area contributed by atoms with Gasteiger partial charge in [-0.1, -0.05) is 193 Å². The van der Waals surface area contributed by atoms with E-state index in [0.717, 1.165) is 124 Å². The fourth-order valence-electron chi connectivity index (χ4n) is 13.8. The number of methoxy groups -OCH3 is 2. The Labute approximate surface area is 719 Å². The van der Waals surface area contributed by atoms with Gasteiger partial charge in [0.05, 0.1) is 70.4 Å². The molecule has 13 nitrogen and oxygen atoms in total. The topological polar surface area (TPSA) is 148 Å². The summed E-state index contributed by atoms with van der Waals surface area (Å²) in [6.07, 6.45) is 9.44. The fourth-order valence-corrected chi connectivity index (χ4v) is 17.9. The minimum Gasteiger partial charge on any atom is -0.399 e. The Kier molecular flexibility index (Phi) is 28.6. The summed E-state index contributed by atoms with van der Waals surface area (Å²) >= 11 is 7.70. The van der Waals surface area contributed by atoms with Gasteiger partial charge in [-0.2, -0.15) is 0 Å². The van der Waals surface area contributed by atoms with Gasteiger partial charge in [-0.3, -0.25) is 0 Å². The van der Waals surface area contributed by atoms with Crippen LogP contribution < -0.4 is 0 Å². The molecule has 121 heavy (non-hydrogen) atoms. The molecule has 0 N–H and O–H groups in total. The molecule has 2 aliphatic carbocycles. The lowest BCUT2D eigenvalue weighted by Crippen LogP contribution is -2.35. The first-order chi connectivity index (χ1) is 58.9. The third kappa shape index (κ3) is 21.8. The summed E-state index contributed by atoms with van der Waals surface area (Å²) in [7, 11) is 6.90. The number of hydrogen-bond donors (Lipinski definition) is 0. The first kappa shape index (κ1) is 85.5. The van der Waals surface area contributed by atoms with Crippen molar-refractivity contribution in [2.75, 3.05) is 21.3 Å². The van der Waals surface area contributed by atoms with Crippen molar-refractivity contribution in [3.8, 4) is 67.7 Å². The zero-order valence-electron chi connectivity index (χ0n) is 67.1. The molecule has 0 aliphatic heterocycles. The lowest BCUT2D eigenvalue weighted by molar-refractivity contribution is -0.0778. The van der Waals surface area contributed by atoms with E-state index in [-0.39, 0.29) is 46.1 Å². The number of oxime groups is 1. The molecule has 2 fully saturated rings. The van der Waals surface area contributed by atoms with Gasteiger partial charge < -0.3 is 14.3 Å². The highest BCUT2D eigenvalue weighted by molar-refractivity contribution is 7.11. The van der Waals surface area contributed by atoms with E-state index < -0.39 is 0 Å². The van der Waals surface area contributed by atoms with Crippen molar-refractivity contribution in [1.82, 2.24) is 45.1 Å². The zero-order valence-corrected chi connectivity index (χ0v) is 71.2. The first-order valence-corrected chi connectivity index (χ1v) is 43.5. The van der Waals surface area contributed by atoms with E-state index in [1.807, 2.05) is 132 Å². The average Bonchev–Trinajstić information content (AvgIpc) is 1.69. The summed E-state index contributed by atoms with van der Waals surface area (Å²) in [5.41, 5.74) is 18.3. The molecule has 0 radical (unpaired) electrons.